The SMILES string of the molecule is O=S([O-])OS(=O)[O-].[Li+].[Li+]. The Labute approximate surface area is 81.3 Å². The number of rotatable bonds is 2. The zero-order valence-electron chi connectivity index (χ0n) is 4.86. The minimum Gasteiger partial charge on any atom is -0.749 e. The molecule has 9 heavy (non-hydrogen) atoms. The van der Waals surface area contributed by atoms with Crippen molar-refractivity contribution in [2.75, 3.05) is 0 Å². The minimum absolute atomic E-state index is 0. The van der Waals surface area contributed by atoms with Crippen LogP contribution in [0.1, 0.15) is 0 Å². The molecule has 0 aromatic carbocycles. The Morgan fingerprint density at radius 2 is 1.22 bits per heavy atom. The second kappa shape index (κ2) is 9.37. The van der Waals surface area contributed by atoms with Gasteiger partial charge in [-0.1, -0.05) is 0 Å². The van der Waals surface area contributed by atoms with Gasteiger partial charge in [-0.25, -0.2) is 12.0 Å². The van der Waals surface area contributed by atoms with Gasteiger partial charge in [0.2, 0.25) is 0 Å². The van der Waals surface area contributed by atoms with Crippen LogP contribution < -0.4 is 37.7 Å². The summed E-state index contributed by atoms with van der Waals surface area (Å²) in [5.41, 5.74) is 0. The molecule has 0 bridgehead atoms. The summed E-state index contributed by atoms with van der Waals surface area (Å²) in [7, 11) is 0. The summed E-state index contributed by atoms with van der Waals surface area (Å²) in [6, 6.07) is 0. The molecule has 0 aliphatic heterocycles. The van der Waals surface area contributed by atoms with Gasteiger partial charge in [-0.15, -0.1) is 0 Å². The topological polar surface area (TPSA) is 89.5 Å². The molecule has 0 unspecified atom stereocenters. The van der Waals surface area contributed by atoms with E-state index in [1.54, 1.807) is 0 Å². The minimum atomic E-state index is -2.96. The molecule has 0 aromatic rings. The second-order valence-electron chi connectivity index (χ2n) is 0.476. The van der Waals surface area contributed by atoms with E-state index in [0.29, 0.717) is 0 Å². The third-order valence-electron chi connectivity index (χ3n) is 0.111. The predicted molar refractivity (Wildman–Crippen MR) is 18.9 cm³/mol. The molecular formula is Li2O5S2. The maximum atomic E-state index is 9.19. The Balaban J connectivity index is -0.000000180. The van der Waals surface area contributed by atoms with Gasteiger partial charge >= 0.3 is 37.7 Å². The smallest absolute Gasteiger partial charge is 0.749 e. The Bertz CT molecular complexity index is 89.1. The van der Waals surface area contributed by atoms with Crippen LogP contribution in [0.2, 0.25) is 0 Å². The maximum Gasteiger partial charge on any atom is 1.00 e. The zero-order valence-corrected chi connectivity index (χ0v) is 6.49. The van der Waals surface area contributed by atoms with Gasteiger partial charge in [-0.3, -0.25) is 0 Å². The van der Waals surface area contributed by atoms with Crippen LogP contribution in [-0.4, -0.2) is 17.5 Å². The monoisotopic (exact) mass is 158 g/mol. The fraction of sp³-hybridized carbons (Fsp3) is 0. The molecule has 0 N–H and O–H groups in total. The van der Waals surface area contributed by atoms with Crippen LogP contribution in [-0.2, 0) is 26.4 Å². The van der Waals surface area contributed by atoms with Crippen LogP contribution in [0.5, 0.6) is 0 Å². The van der Waals surface area contributed by atoms with Crippen LogP contribution in [0.4, 0.5) is 0 Å². The van der Waals surface area contributed by atoms with Crippen molar-refractivity contribution in [3.05, 3.63) is 0 Å². The van der Waals surface area contributed by atoms with Crippen molar-refractivity contribution in [3.63, 3.8) is 0 Å². The van der Waals surface area contributed by atoms with Crippen LogP contribution in [0.15, 0.2) is 0 Å². The summed E-state index contributed by atoms with van der Waals surface area (Å²) in [5.74, 6) is 0. The summed E-state index contributed by atoms with van der Waals surface area (Å²) in [4.78, 5) is 0. The van der Waals surface area contributed by atoms with E-state index in [0.717, 1.165) is 0 Å². The van der Waals surface area contributed by atoms with E-state index in [2.05, 4.69) is 3.63 Å². The fourth-order valence-corrected chi connectivity index (χ4v) is 0.408. The Hall–Kier alpha value is 1.37. The molecule has 0 heterocycles. The first-order valence-electron chi connectivity index (χ1n) is 1.00. The van der Waals surface area contributed by atoms with Crippen molar-refractivity contribution in [1.29, 1.82) is 0 Å². The second-order valence-corrected chi connectivity index (χ2v) is 1.84. The van der Waals surface area contributed by atoms with E-state index in [1.165, 1.54) is 0 Å². The fourth-order valence-electron chi connectivity index (χ4n) is 0.0454. The molecule has 0 aromatic heterocycles. The summed E-state index contributed by atoms with van der Waals surface area (Å²) in [6.07, 6.45) is 0. The molecule has 0 saturated carbocycles. The van der Waals surface area contributed by atoms with Gasteiger partial charge in [-0.05, 0) is 0 Å². The zero-order chi connectivity index (χ0) is 5.86. The van der Waals surface area contributed by atoms with Crippen molar-refractivity contribution in [3.8, 4) is 0 Å². The molecule has 0 spiro atoms. The Morgan fingerprint density at radius 3 is 1.22 bits per heavy atom. The van der Waals surface area contributed by atoms with Gasteiger partial charge in [0, 0.05) is 0 Å². The Morgan fingerprint density at radius 1 is 1.00 bits per heavy atom. The average molecular weight is 158 g/mol. The van der Waals surface area contributed by atoms with Gasteiger partial charge in [0.1, 0.15) is 0 Å². The van der Waals surface area contributed by atoms with E-state index in [-0.39, 0.29) is 37.7 Å². The first-order valence-corrected chi connectivity index (χ1v) is 3.00. The van der Waals surface area contributed by atoms with Crippen molar-refractivity contribution >= 4 is 22.7 Å². The number of hydrogen-bond acceptors (Lipinski definition) is 5. The van der Waals surface area contributed by atoms with E-state index in [1.807, 2.05) is 0 Å². The largest absolute Gasteiger partial charge is 1.00 e. The molecule has 0 saturated heterocycles. The third-order valence-corrected chi connectivity index (χ3v) is 1.00. The van der Waals surface area contributed by atoms with Crippen LogP contribution in [0.25, 0.3) is 0 Å². The third kappa shape index (κ3) is 17.6. The molecule has 9 heteroatoms. The first-order chi connectivity index (χ1) is 3.13. The summed E-state index contributed by atoms with van der Waals surface area (Å²) in [5, 5.41) is 0. The normalized spacial score (nSPS) is 14.4. The molecule has 0 fully saturated rings. The predicted octanol–water partition coefficient (Wildman–Crippen LogP) is -7.40. The summed E-state index contributed by atoms with van der Waals surface area (Å²) in [6.45, 7) is 0. The van der Waals surface area contributed by atoms with Crippen molar-refractivity contribution in [2.45, 2.75) is 0 Å². The summed E-state index contributed by atoms with van der Waals surface area (Å²) >= 11 is -5.92. The maximum absolute atomic E-state index is 9.19. The first kappa shape index (κ1) is 16.8. The molecule has 0 radical (unpaired) electrons. The molecule has 0 aliphatic carbocycles. The van der Waals surface area contributed by atoms with E-state index < -0.39 is 22.7 Å². The van der Waals surface area contributed by atoms with Gasteiger partial charge in [0.15, 0.2) is 0 Å². The van der Waals surface area contributed by atoms with Crippen LogP contribution >= 0.6 is 0 Å². The van der Waals surface area contributed by atoms with E-state index >= 15 is 0 Å². The van der Waals surface area contributed by atoms with Gasteiger partial charge in [0.05, 0.1) is 22.7 Å². The van der Waals surface area contributed by atoms with Gasteiger partial charge in [-0.2, -0.15) is 0 Å². The van der Waals surface area contributed by atoms with Crippen molar-refractivity contribution in [1.82, 2.24) is 0 Å². The van der Waals surface area contributed by atoms with Crippen molar-refractivity contribution in [2.24, 2.45) is 0 Å². The van der Waals surface area contributed by atoms with Gasteiger partial charge in [0.25, 0.3) is 0 Å². The van der Waals surface area contributed by atoms with Crippen molar-refractivity contribution < 1.29 is 58.9 Å². The van der Waals surface area contributed by atoms with Crippen LogP contribution in [0, 0.1) is 0 Å². The molecule has 44 valence electrons. The summed E-state index contributed by atoms with van der Waals surface area (Å²) < 4.78 is 39.9. The van der Waals surface area contributed by atoms with Crippen LogP contribution in [0.3, 0.4) is 0 Å². The molecular weight excluding hydrogens is 158 g/mol. The molecule has 0 amide bonds. The molecule has 0 rings (SSSR count). The van der Waals surface area contributed by atoms with E-state index in [9.17, 15) is 17.5 Å². The standard InChI is InChI=1S/2Li.H2O5S2/c;;1-6(2)5-7(3)4/h;;(H,1,2)(H,3,4)/q2*+1;/p-2. The number of hydrogen-bond donors (Lipinski definition) is 0. The Kier molecular flexibility index (Phi) is 17.5. The van der Waals surface area contributed by atoms with E-state index in [4.69, 9.17) is 0 Å². The van der Waals surface area contributed by atoms with Gasteiger partial charge < -0.3 is 9.11 Å². The average Bonchev–Trinajstić information content (AvgIpc) is 1.27. The molecule has 5 nitrogen and oxygen atoms in total. The molecule has 0 atom stereocenters. The quantitative estimate of drug-likeness (QED) is 0.294. The molecule has 0 aliphatic rings.